The molecule has 1 amide bonds. The number of nitrogens with zero attached hydrogens (tertiary/aromatic N) is 1. The summed E-state index contributed by atoms with van der Waals surface area (Å²) in [5.74, 6) is -0.175. The minimum atomic E-state index is -0.501. The number of hydrogen-bond donors (Lipinski definition) is 1. The van der Waals surface area contributed by atoms with Crippen molar-refractivity contribution in [1.82, 2.24) is 4.90 Å². The predicted octanol–water partition coefficient (Wildman–Crippen LogP) is 2.99. The average molecular weight is 367 g/mol. The maximum Gasteiger partial charge on any atom is 0.237 e. The van der Waals surface area contributed by atoms with Crippen LogP contribution in [-0.4, -0.2) is 37.6 Å². The molecular weight excluding hydrogens is 351 g/mol. The summed E-state index contributed by atoms with van der Waals surface area (Å²) in [6.07, 6.45) is 1.51. The standard InChI is InChI=1S/C16H16BrFN2O2/c1-20-13-7-19-12-4-11(18)10(17)3-9(12)14(13)16(15(20)21)5-8(6-16)22-2/h3-4,8,19H,5-7H2,1-2H3. The Kier molecular flexibility index (Phi) is 2.94. The zero-order valence-electron chi connectivity index (χ0n) is 12.4. The second-order valence-corrected chi connectivity index (χ2v) is 7.05. The summed E-state index contributed by atoms with van der Waals surface area (Å²) in [5.41, 5.74) is 3.21. The zero-order valence-corrected chi connectivity index (χ0v) is 14.0. The fraction of sp³-hybridized carbons (Fsp3) is 0.438. The van der Waals surface area contributed by atoms with Gasteiger partial charge in [0.2, 0.25) is 5.91 Å². The van der Waals surface area contributed by atoms with Crippen LogP contribution in [0.3, 0.4) is 0 Å². The van der Waals surface area contributed by atoms with E-state index in [1.807, 2.05) is 7.05 Å². The lowest BCUT2D eigenvalue weighted by Crippen LogP contribution is -2.48. The Morgan fingerprint density at radius 1 is 1.45 bits per heavy atom. The van der Waals surface area contributed by atoms with Crippen molar-refractivity contribution in [3.8, 4) is 0 Å². The van der Waals surface area contributed by atoms with E-state index in [9.17, 15) is 9.18 Å². The lowest BCUT2D eigenvalue weighted by atomic mass is 9.60. The Morgan fingerprint density at radius 2 is 2.18 bits per heavy atom. The number of methoxy groups -OCH3 is 1. The third-order valence-electron chi connectivity index (χ3n) is 5.15. The van der Waals surface area contributed by atoms with Crippen LogP contribution in [0.15, 0.2) is 22.3 Å². The summed E-state index contributed by atoms with van der Waals surface area (Å²) >= 11 is 3.26. The molecule has 1 aromatic rings. The van der Waals surface area contributed by atoms with E-state index in [0.717, 1.165) is 22.5 Å². The van der Waals surface area contributed by atoms with Crippen LogP contribution in [0, 0.1) is 11.2 Å². The van der Waals surface area contributed by atoms with Crippen LogP contribution in [-0.2, 0) is 9.53 Å². The molecule has 2 heterocycles. The number of carbonyl (C=O) groups excluding carboxylic acids is 1. The van der Waals surface area contributed by atoms with E-state index in [4.69, 9.17) is 4.74 Å². The maximum absolute atomic E-state index is 13.8. The number of nitrogens with one attached hydrogen (secondary N) is 1. The minimum absolute atomic E-state index is 0.117. The number of anilines is 1. The van der Waals surface area contributed by atoms with Gasteiger partial charge in [-0.3, -0.25) is 4.79 Å². The third-order valence-corrected chi connectivity index (χ3v) is 5.76. The van der Waals surface area contributed by atoms with E-state index in [2.05, 4.69) is 21.2 Å². The van der Waals surface area contributed by atoms with Gasteiger partial charge in [0.05, 0.1) is 22.5 Å². The van der Waals surface area contributed by atoms with Crippen LogP contribution < -0.4 is 5.32 Å². The highest BCUT2D eigenvalue weighted by Gasteiger charge is 2.60. The molecule has 1 N–H and O–H groups in total. The molecule has 3 aliphatic rings. The van der Waals surface area contributed by atoms with Gasteiger partial charge in [0.15, 0.2) is 0 Å². The van der Waals surface area contributed by atoms with E-state index >= 15 is 0 Å². The molecule has 2 aliphatic heterocycles. The number of carbonyl (C=O) groups is 1. The van der Waals surface area contributed by atoms with Gasteiger partial charge in [-0.2, -0.15) is 0 Å². The first-order chi connectivity index (χ1) is 10.5. The number of hydrogen-bond acceptors (Lipinski definition) is 3. The maximum atomic E-state index is 13.8. The van der Waals surface area contributed by atoms with Crippen molar-refractivity contribution in [1.29, 1.82) is 0 Å². The number of halogens is 2. The first kappa shape index (κ1) is 14.2. The summed E-state index contributed by atoms with van der Waals surface area (Å²) in [6, 6.07) is 3.27. The van der Waals surface area contributed by atoms with Crippen molar-refractivity contribution in [3.05, 3.63) is 33.7 Å². The zero-order chi connectivity index (χ0) is 15.6. The average Bonchev–Trinajstić information content (AvgIpc) is 2.68. The van der Waals surface area contributed by atoms with Crippen molar-refractivity contribution in [3.63, 3.8) is 0 Å². The van der Waals surface area contributed by atoms with Crippen molar-refractivity contribution in [2.75, 3.05) is 26.0 Å². The molecule has 1 spiro atoms. The summed E-state index contributed by atoms with van der Waals surface area (Å²) in [6.45, 7) is 0.547. The van der Waals surface area contributed by atoms with Gasteiger partial charge in [0.25, 0.3) is 0 Å². The van der Waals surface area contributed by atoms with Crippen LogP contribution in [0.4, 0.5) is 10.1 Å². The van der Waals surface area contributed by atoms with Crippen LogP contribution in [0.2, 0.25) is 0 Å². The summed E-state index contributed by atoms with van der Waals surface area (Å²) in [5, 5.41) is 3.22. The highest BCUT2D eigenvalue weighted by Crippen LogP contribution is 2.60. The Morgan fingerprint density at radius 3 is 2.86 bits per heavy atom. The first-order valence-corrected chi connectivity index (χ1v) is 8.05. The van der Waals surface area contributed by atoms with Crippen LogP contribution in [0.1, 0.15) is 18.4 Å². The lowest BCUT2D eigenvalue weighted by Gasteiger charge is -2.45. The number of ether oxygens (including phenoxy) is 1. The van der Waals surface area contributed by atoms with Crippen molar-refractivity contribution in [2.45, 2.75) is 18.9 Å². The van der Waals surface area contributed by atoms with Crippen LogP contribution in [0.5, 0.6) is 0 Å². The Balaban J connectivity index is 1.89. The second kappa shape index (κ2) is 4.55. The molecule has 1 saturated carbocycles. The van der Waals surface area contributed by atoms with Crippen LogP contribution in [0.25, 0.3) is 5.57 Å². The number of fused-ring (bicyclic) bond motifs is 3. The fourth-order valence-corrected chi connectivity index (χ4v) is 4.30. The Hall–Kier alpha value is -1.40. The summed E-state index contributed by atoms with van der Waals surface area (Å²) in [7, 11) is 3.50. The molecule has 0 aromatic heterocycles. The third kappa shape index (κ3) is 1.62. The minimum Gasteiger partial charge on any atom is -0.381 e. The first-order valence-electron chi connectivity index (χ1n) is 7.26. The van der Waals surface area contributed by atoms with Gasteiger partial charge in [0, 0.05) is 31.1 Å². The molecule has 1 aliphatic carbocycles. The number of rotatable bonds is 1. The van der Waals surface area contributed by atoms with E-state index < -0.39 is 5.41 Å². The molecule has 116 valence electrons. The highest BCUT2D eigenvalue weighted by molar-refractivity contribution is 9.10. The van der Waals surface area contributed by atoms with E-state index in [1.165, 1.54) is 6.07 Å². The van der Waals surface area contributed by atoms with Crippen molar-refractivity contribution < 1.29 is 13.9 Å². The molecule has 6 heteroatoms. The predicted molar refractivity (Wildman–Crippen MR) is 84.7 cm³/mol. The van der Waals surface area contributed by atoms with Gasteiger partial charge < -0.3 is 15.0 Å². The second-order valence-electron chi connectivity index (χ2n) is 6.20. The van der Waals surface area contributed by atoms with E-state index in [1.54, 1.807) is 18.1 Å². The molecule has 1 aromatic carbocycles. The smallest absolute Gasteiger partial charge is 0.237 e. The van der Waals surface area contributed by atoms with Crippen LogP contribution >= 0.6 is 15.9 Å². The number of likely N-dealkylation sites (N-methyl/N-ethyl adjacent to an activating group) is 1. The SMILES string of the molecule is COC1CC2(C1)C(=O)N(C)C1=C2c2cc(Br)c(F)cc2NC1. The molecule has 0 bridgehead atoms. The largest absolute Gasteiger partial charge is 0.381 e. The Bertz CT molecular complexity index is 725. The summed E-state index contributed by atoms with van der Waals surface area (Å²) < 4.78 is 19.6. The molecule has 1 fully saturated rings. The molecule has 0 radical (unpaired) electrons. The van der Waals surface area contributed by atoms with Gasteiger partial charge in [-0.15, -0.1) is 0 Å². The Labute approximate surface area is 136 Å². The van der Waals surface area contributed by atoms with Gasteiger partial charge in [-0.1, -0.05) is 0 Å². The van der Waals surface area contributed by atoms with E-state index in [0.29, 0.717) is 23.9 Å². The normalized spacial score (nSPS) is 29.4. The number of amides is 1. The van der Waals surface area contributed by atoms with Crippen molar-refractivity contribution in [2.24, 2.45) is 5.41 Å². The topological polar surface area (TPSA) is 41.6 Å². The molecule has 0 unspecified atom stereocenters. The lowest BCUT2D eigenvalue weighted by molar-refractivity contribution is -0.144. The number of benzene rings is 1. The molecule has 0 atom stereocenters. The van der Waals surface area contributed by atoms with Gasteiger partial charge in [0.1, 0.15) is 5.82 Å². The molecule has 4 nitrogen and oxygen atoms in total. The van der Waals surface area contributed by atoms with Crippen molar-refractivity contribution >= 4 is 33.1 Å². The quantitative estimate of drug-likeness (QED) is 0.830. The fourth-order valence-electron chi connectivity index (χ4n) is 3.96. The monoisotopic (exact) mass is 366 g/mol. The van der Waals surface area contributed by atoms with Gasteiger partial charge >= 0.3 is 0 Å². The molecule has 0 saturated heterocycles. The molecule has 4 rings (SSSR count). The van der Waals surface area contributed by atoms with Gasteiger partial charge in [-0.25, -0.2) is 4.39 Å². The molecular formula is C16H16BrFN2O2. The van der Waals surface area contributed by atoms with Gasteiger partial charge in [-0.05, 0) is 46.5 Å². The summed E-state index contributed by atoms with van der Waals surface area (Å²) in [4.78, 5) is 14.6. The van der Waals surface area contributed by atoms with E-state index in [-0.39, 0.29) is 17.8 Å². The molecule has 22 heavy (non-hydrogen) atoms. The highest BCUT2D eigenvalue weighted by atomic mass is 79.9.